The Morgan fingerprint density at radius 3 is 2.80 bits per heavy atom. The molecular weight excluding hydrogens is 476 g/mol. The summed E-state index contributed by atoms with van der Waals surface area (Å²) in [6.45, 7) is 0. The van der Waals surface area contributed by atoms with Crippen molar-refractivity contribution >= 4 is 66.1 Å². The number of ketones is 1. The molecular formula is C17H9Br2ClFN3O. The van der Waals surface area contributed by atoms with Gasteiger partial charge in [0.2, 0.25) is 5.78 Å². The lowest BCUT2D eigenvalue weighted by molar-refractivity contribution is 0.103. The van der Waals surface area contributed by atoms with Gasteiger partial charge >= 0.3 is 0 Å². The summed E-state index contributed by atoms with van der Waals surface area (Å²) in [5.41, 5.74) is 2.18. The van der Waals surface area contributed by atoms with E-state index in [9.17, 15) is 9.18 Å². The number of carbonyl (C=O) groups is 1. The molecule has 0 fully saturated rings. The van der Waals surface area contributed by atoms with Crippen LogP contribution < -0.4 is 0 Å². The number of nitrogens with zero attached hydrogens (tertiary/aromatic N) is 3. The molecule has 0 spiro atoms. The third kappa shape index (κ3) is 2.45. The molecule has 2 aromatic heterocycles. The zero-order valence-electron chi connectivity index (χ0n) is 12.7. The fraction of sp³-hybridized carbons (Fsp3) is 0.0588. The van der Waals surface area contributed by atoms with Crippen LogP contribution in [-0.2, 0) is 7.05 Å². The first kappa shape index (κ1) is 16.8. The number of carbonyl (C=O) groups excluding carboxylic acids is 1. The minimum atomic E-state index is -0.515. The molecule has 0 saturated carbocycles. The highest BCUT2D eigenvalue weighted by atomic mass is 79.9. The second-order valence-electron chi connectivity index (χ2n) is 5.52. The van der Waals surface area contributed by atoms with Crippen LogP contribution in [0, 0.1) is 5.82 Å². The van der Waals surface area contributed by atoms with Crippen molar-refractivity contribution in [2.75, 3.05) is 0 Å². The topological polar surface area (TPSA) is 39.3 Å². The van der Waals surface area contributed by atoms with Gasteiger partial charge in [-0.15, -0.1) is 0 Å². The third-order valence-electron chi connectivity index (χ3n) is 4.09. The first-order valence-electron chi connectivity index (χ1n) is 7.19. The number of rotatable bonds is 2. The number of aryl methyl sites for hydroxylation is 1. The van der Waals surface area contributed by atoms with Gasteiger partial charge < -0.3 is 4.57 Å². The molecule has 0 bridgehead atoms. The molecule has 2 heterocycles. The minimum absolute atomic E-state index is 0.112. The first-order valence-corrected chi connectivity index (χ1v) is 9.15. The van der Waals surface area contributed by atoms with E-state index in [-0.39, 0.29) is 16.4 Å². The van der Waals surface area contributed by atoms with Crippen LogP contribution in [0.4, 0.5) is 4.39 Å². The standard InChI is InChI=1S/C17H9Br2ClFN3O/c1-23-15-12(24-5-4-22-17(23)24)7-10(18)13(14(15)19)16(25)9-6-8(21)2-3-11(9)20/h2-7H,1H3. The molecule has 0 aliphatic heterocycles. The van der Waals surface area contributed by atoms with Crippen molar-refractivity contribution < 1.29 is 9.18 Å². The van der Waals surface area contributed by atoms with E-state index in [1.807, 2.05) is 28.3 Å². The maximum absolute atomic E-state index is 13.6. The highest BCUT2D eigenvalue weighted by Gasteiger charge is 2.24. The first-order chi connectivity index (χ1) is 11.9. The van der Waals surface area contributed by atoms with Gasteiger partial charge in [0.05, 0.1) is 26.1 Å². The molecule has 126 valence electrons. The fourth-order valence-corrected chi connectivity index (χ4v) is 4.87. The number of hydrogen-bond donors (Lipinski definition) is 0. The predicted octanol–water partition coefficient (Wildman–Crippen LogP) is 5.37. The Labute approximate surface area is 163 Å². The lowest BCUT2D eigenvalue weighted by Crippen LogP contribution is -2.06. The van der Waals surface area contributed by atoms with Crippen LogP contribution in [0.15, 0.2) is 45.6 Å². The average molecular weight is 486 g/mol. The predicted molar refractivity (Wildman–Crippen MR) is 102 cm³/mol. The Kier molecular flexibility index (Phi) is 3.97. The Morgan fingerprint density at radius 1 is 1.28 bits per heavy atom. The summed E-state index contributed by atoms with van der Waals surface area (Å²) < 4.78 is 18.6. The molecule has 0 atom stereocenters. The summed E-state index contributed by atoms with van der Waals surface area (Å²) in [4.78, 5) is 17.3. The van der Waals surface area contributed by atoms with Crippen molar-refractivity contribution in [1.82, 2.24) is 14.0 Å². The summed E-state index contributed by atoms with van der Waals surface area (Å²) in [5, 5.41) is 0.201. The highest BCUT2D eigenvalue weighted by Crippen LogP contribution is 2.37. The molecule has 0 aliphatic rings. The molecule has 8 heteroatoms. The third-order valence-corrected chi connectivity index (χ3v) is 5.82. The molecule has 2 aromatic carbocycles. The fourth-order valence-electron chi connectivity index (χ4n) is 2.95. The molecule has 0 radical (unpaired) electrons. The van der Waals surface area contributed by atoms with E-state index in [1.54, 1.807) is 6.20 Å². The van der Waals surface area contributed by atoms with Gasteiger partial charge in [-0.1, -0.05) is 11.6 Å². The summed E-state index contributed by atoms with van der Waals surface area (Å²) in [7, 11) is 1.87. The molecule has 0 aliphatic carbocycles. The van der Waals surface area contributed by atoms with E-state index in [1.165, 1.54) is 12.1 Å². The number of halogens is 4. The van der Waals surface area contributed by atoms with Crippen LogP contribution in [0.1, 0.15) is 15.9 Å². The SMILES string of the molecule is Cn1c2c(Br)c(C(=O)c3cc(F)ccc3Cl)c(Br)cc2n2ccnc12. The van der Waals surface area contributed by atoms with Crippen LogP contribution >= 0.6 is 43.5 Å². The molecule has 4 aromatic rings. The van der Waals surface area contributed by atoms with Crippen molar-refractivity contribution in [3.63, 3.8) is 0 Å². The summed E-state index contributed by atoms with van der Waals surface area (Å²) >= 11 is 13.1. The van der Waals surface area contributed by atoms with Gasteiger partial charge in [-0.05, 0) is 56.1 Å². The molecule has 0 saturated heterocycles. The number of fused-ring (bicyclic) bond motifs is 3. The largest absolute Gasteiger partial charge is 0.312 e. The number of aromatic nitrogens is 3. The van der Waals surface area contributed by atoms with E-state index in [0.29, 0.717) is 14.5 Å². The molecule has 25 heavy (non-hydrogen) atoms. The van der Waals surface area contributed by atoms with Gasteiger partial charge in [0, 0.05) is 29.5 Å². The molecule has 4 rings (SSSR count). The van der Waals surface area contributed by atoms with Crippen LogP contribution in [0.5, 0.6) is 0 Å². The zero-order chi connectivity index (χ0) is 17.9. The van der Waals surface area contributed by atoms with Gasteiger partial charge in [0.1, 0.15) is 5.82 Å². The zero-order valence-corrected chi connectivity index (χ0v) is 16.7. The van der Waals surface area contributed by atoms with E-state index in [4.69, 9.17) is 11.6 Å². The maximum atomic E-state index is 13.6. The van der Waals surface area contributed by atoms with Gasteiger partial charge in [0.15, 0.2) is 5.78 Å². The number of imidazole rings is 2. The van der Waals surface area contributed by atoms with Crippen molar-refractivity contribution in [2.45, 2.75) is 0 Å². The van der Waals surface area contributed by atoms with Gasteiger partial charge in [-0.25, -0.2) is 9.37 Å². The maximum Gasteiger partial charge on any atom is 0.214 e. The lowest BCUT2D eigenvalue weighted by Gasteiger charge is -2.10. The van der Waals surface area contributed by atoms with Gasteiger partial charge in [-0.2, -0.15) is 0 Å². The normalized spacial score (nSPS) is 11.6. The van der Waals surface area contributed by atoms with Crippen molar-refractivity contribution in [2.24, 2.45) is 7.05 Å². The van der Waals surface area contributed by atoms with Crippen LogP contribution in [0.25, 0.3) is 16.8 Å². The van der Waals surface area contributed by atoms with Crippen molar-refractivity contribution in [3.8, 4) is 0 Å². The Balaban J connectivity index is 2.03. The molecule has 0 amide bonds. The summed E-state index contributed by atoms with van der Waals surface area (Å²) in [5.74, 6) is -0.140. The second-order valence-corrected chi connectivity index (χ2v) is 7.58. The van der Waals surface area contributed by atoms with E-state index >= 15 is 0 Å². The highest BCUT2D eigenvalue weighted by molar-refractivity contribution is 9.11. The van der Waals surface area contributed by atoms with Crippen LogP contribution in [0.3, 0.4) is 0 Å². The molecule has 0 N–H and O–H groups in total. The van der Waals surface area contributed by atoms with Gasteiger partial charge in [0.25, 0.3) is 0 Å². The van der Waals surface area contributed by atoms with E-state index in [0.717, 1.165) is 22.9 Å². The Bertz CT molecular complexity index is 1180. The monoisotopic (exact) mass is 483 g/mol. The Hall–Kier alpha value is -1.70. The van der Waals surface area contributed by atoms with Crippen LogP contribution in [-0.4, -0.2) is 19.7 Å². The quantitative estimate of drug-likeness (QED) is 0.358. The smallest absolute Gasteiger partial charge is 0.214 e. The molecule has 4 nitrogen and oxygen atoms in total. The van der Waals surface area contributed by atoms with E-state index in [2.05, 4.69) is 36.8 Å². The molecule has 0 unspecified atom stereocenters. The van der Waals surface area contributed by atoms with E-state index < -0.39 is 5.82 Å². The Morgan fingerprint density at radius 2 is 2.04 bits per heavy atom. The summed E-state index contributed by atoms with van der Waals surface area (Å²) in [6.07, 6.45) is 3.56. The van der Waals surface area contributed by atoms with Gasteiger partial charge in [-0.3, -0.25) is 9.20 Å². The van der Waals surface area contributed by atoms with Crippen molar-refractivity contribution in [3.05, 3.63) is 67.6 Å². The van der Waals surface area contributed by atoms with Crippen LogP contribution in [0.2, 0.25) is 5.02 Å². The number of hydrogen-bond acceptors (Lipinski definition) is 2. The minimum Gasteiger partial charge on any atom is -0.312 e. The average Bonchev–Trinajstić information content (AvgIpc) is 3.13. The second kappa shape index (κ2) is 5.93. The lowest BCUT2D eigenvalue weighted by atomic mass is 10.0. The van der Waals surface area contributed by atoms with Crippen molar-refractivity contribution in [1.29, 1.82) is 0 Å². The summed E-state index contributed by atoms with van der Waals surface area (Å²) in [6, 6.07) is 5.58. The number of benzene rings is 2.